The molecule has 2 N–H and O–H groups in total. The van der Waals surface area contributed by atoms with Crippen molar-refractivity contribution >= 4 is 28.3 Å². The van der Waals surface area contributed by atoms with Crippen LogP contribution in [0.15, 0.2) is 48.5 Å². The Balaban J connectivity index is 1.35. The molecular weight excluding hydrogens is 426 g/mol. The number of carbonyl (C=O) groups is 2. The lowest BCUT2D eigenvalue weighted by molar-refractivity contribution is -0.122. The van der Waals surface area contributed by atoms with Gasteiger partial charge in [0.1, 0.15) is 11.5 Å². The zero-order chi connectivity index (χ0) is 22.5. The van der Waals surface area contributed by atoms with Crippen LogP contribution >= 0.6 is 11.3 Å². The van der Waals surface area contributed by atoms with Crippen molar-refractivity contribution in [3.05, 3.63) is 70.2 Å². The van der Waals surface area contributed by atoms with Gasteiger partial charge in [-0.2, -0.15) is 0 Å². The third-order valence-electron chi connectivity index (χ3n) is 5.49. The molecule has 0 saturated heterocycles. The number of thiazole rings is 1. The molecule has 0 fully saturated rings. The van der Waals surface area contributed by atoms with Crippen LogP contribution < -0.4 is 20.1 Å². The molecule has 1 atom stereocenters. The molecule has 8 heteroatoms. The van der Waals surface area contributed by atoms with Gasteiger partial charge in [-0.1, -0.05) is 18.2 Å². The highest BCUT2D eigenvalue weighted by molar-refractivity contribution is 7.16. The number of para-hydroxylation sites is 1. The molecule has 3 aromatic rings. The van der Waals surface area contributed by atoms with Crippen LogP contribution in [0.4, 0.5) is 5.13 Å². The predicted octanol–water partition coefficient (Wildman–Crippen LogP) is 3.80. The number of nitrogens with zero attached hydrogens (tertiary/aromatic N) is 1. The zero-order valence-electron chi connectivity index (χ0n) is 18.0. The Morgan fingerprint density at radius 1 is 1.09 bits per heavy atom. The van der Waals surface area contributed by atoms with E-state index in [2.05, 4.69) is 15.6 Å². The lowest BCUT2D eigenvalue weighted by Crippen LogP contribution is -2.30. The SMILES string of the molecule is COc1ccc(C(=O)Nc2nc3c(s2)CCC3C(=O)NCCc2ccccc2OC)cc1. The Morgan fingerprint density at radius 3 is 2.62 bits per heavy atom. The Hall–Kier alpha value is -3.39. The van der Waals surface area contributed by atoms with E-state index in [9.17, 15) is 9.59 Å². The highest BCUT2D eigenvalue weighted by Gasteiger charge is 2.32. The van der Waals surface area contributed by atoms with Gasteiger partial charge in [0, 0.05) is 17.0 Å². The summed E-state index contributed by atoms with van der Waals surface area (Å²) in [6.07, 6.45) is 2.22. The van der Waals surface area contributed by atoms with E-state index in [1.54, 1.807) is 38.5 Å². The van der Waals surface area contributed by atoms with Gasteiger partial charge in [-0.3, -0.25) is 14.9 Å². The second-order valence-electron chi connectivity index (χ2n) is 7.45. The molecule has 0 spiro atoms. The minimum absolute atomic E-state index is 0.0306. The molecule has 0 bridgehead atoms. The number of hydrogen-bond donors (Lipinski definition) is 2. The number of anilines is 1. The van der Waals surface area contributed by atoms with Crippen LogP contribution in [0.2, 0.25) is 0 Å². The standard InChI is InChI=1S/C24H25N3O4S/c1-30-17-9-7-16(8-10-17)22(28)27-24-26-21-18(11-12-20(21)32-24)23(29)25-14-13-15-5-3-4-6-19(15)31-2/h3-10,18H,11-14H2,1-2H3,(H,25,29)(H,26,27,28). The van der Waals surface area contributed by atoms with Crippen molar-refractivity contribution in [2.75, 3.05) is 26.1 Å². The van der Waals surface area contributed by atoms with Crippen LogP contribution in [0, 0.1) is 0 Å². The monoisotopic (exact) mass is 451 g/mol. The molecule has 7 nitrogen and oxygen atoms in total. The van der Waals surface area contributed by atoms with Crippen molar-refractivity contribution in [2.45, 2.75) is 25.2 Å². The number of benzene rings is 2. The summed E-state index contributed by atoms with van der Waals surface area (Å²) in [5, 5.41) is 6.38. The fourth-order valence-electron chi connectivity index (χ4n) is 3.80. The van der Waals surface area contributed by atoms with Crippen LogP contribution in [0.5, 0.6) is 11.5 Å². The molecule has 0 radical (unpaired) electrons. The predicted molar refractivity (Wildman–Crippen MR) is 124 cm³/mol. The number of nitrogens with one attached hydrogen (secondary N) is 2. The van der Waals surface area contributed by atoms with Gasteiger partial charge in [0.05, 0.1) is 25.8 Å². The first kappa shape index (κ1) is 21.8. The van der Waals surface area contributed by atoms with Gasteiger partial charge < -0.3 is 14.8 Å². The molecule has 4 rings (SSSR count). The smallest absolute Gasteiger partial charge is 0.257 e. The molecule has 2 aromatic carbocycles. The lowest BCUT2D eigenvalue weighted by Gasteiger charge is -2.12. The summed E-state index contributed by atoms with van der Waals surface area (Å²) < 4.78 is 10.5. The Kier molecular flexibility index (Phi) is 6.70. The minimum atomic E-state index is -0.287. The third kappa shape index (κ3) is 4.75. The molecule has 1 heterocycles. The van der Waals surface area contributed by atoms with Crippen molar-refractivity contribution in [1.82, 2.24) is 10.3 Å². The van der Waals surface area contributed by atoms with E-state index >= 15 is 0 Å². The van der Waals surface area contributed by atoms with E-state index in [1.807, 2.05) is 24.3 Å². The minimum Gasteiger partial charge on any atom is -0.497 e. The summed E-state index contributed by atoms with van der Waals surface area (Å²) in [7, 11) is 3.22. The van der Waals surface area contributed by atoms with E-state index in [-0.39, 0.29) is 17.7 Å². The fourth-order valence-corrected chi connectivity index (χ4v) is 4.83. The number of rotatable bonds is 8. The quantitative estimate of drug-likeness (QED) is 0.544. The van der Waals surface area contributed by atoms with Crippen molar-refractivity contribution in [2.24, 2.45) is 0 Å². The third-order valence-corrected chi connectivity index (χ3v) is 6.54. The molecule has 1 unspecified atom stereocenters. The lowest BCUT2D eigenvalue weighted by atomic mass is 10.1. The number of methoxy groups -OCH3 is 2. The van der Waals surface area contributed by atoms with Gasteiger partial charge in [0.25, 0.3) is 5.91 Å². The summed E-state index contributed by atoms with van der Waals surface area (Å²) >= 11 is 1.44. The highest BCUT2D eigenvalue weighted by atomic mass is 32.1. The second kappa shape index (κ2) is 9.82. The van der Waals surface area contributed by atoms with E-state index in [0.717, 1.165) is 34.7 Å². The average molecular weight is 452 g/mol. The molecule has 0 saturated carbocycles. The maximum Gasteiger partial charge on any atom is 0.257 e. The van der Waals surface area contributed by atoms with Crippen molar-refractivity contribution in [3.63, 3.8) is 0 Å². The van der Waals surface area contributed by atoms with Crippen LogP contribution in [0.3, 0.4) is 0 Å². The van der Waals surface area contributed by atoms with Crippen LogP contribution in [-0.4, -0.2) is 37.6 Å². The molecule has 1 aliphatic rings. The first-order valence-corrected chi connectivity index (χ1v) is 11.2. The maximum atomic E-state index is 12.8. The van der Waals surface area contributed by atoms with Crippen LogP contribution in [-0.2, 0) is 17.6 Å². The topological polar surface area (TPSA) is 89.5 Å². The fraction of sp³-hybridized carbons (Fsp3) is 0.292. The number of fused-ring (bicyclic) bond motifs is 1. The molecule has 1 aromatic heterocycles. The first-order chi connectivity index (χ1) is 15.6. The molecule has 2 amide bonds. The van der Waals surface area contributed by atoms with E-state index in [1.165, 1.54) is 11.3 Å². The van der Waals surface area contributed by atoms with Crippen LogP contribution in [0.25, 0.3) is 0 Å². The van der Waals surface area contributed by atoms with Crippen molar-refractivity contribution in [1.29, 1.82) is 0 Å². The molecule has 166 valence electrons. The average Bonchev–Trinajstić information content (AvgIpc) is 3.39. The number of aromatic nitrogens is 1. The number of amides is 2. The summed E-state index contributed by atoms with van der Waals surface area (Å²) in [5.41, 5.74) is 2.35. The van der Waals surface area contributed by atoms with Gasteiger partial charge in [-0.05, 0) is 55.2 Å². The van der Waals surface area contributed by atoms with Gasteiger partial charge in [0.15, 0.2) is 5.13 Å². The zero-order valence-corrected chi connectivity index (χ0v) is 18.8. The normalized spacial score (nSPS) is 14.5. The maximum absolute atomic E-state index is 12.8. The Labute approximate surface area is 190 Å². The van der Waals surface area contributed by atoms with Crippen molar-refractivity contribution in [3.8, 4) is 11.5 Å². The number of carbonyl (C=O) groups excluding carboxylic acids is 2. The number of ether oxygens (including phenoxy) is 2. The Morgan fingerprint density at radius 2 is 1.88 bits per heavy atom. The summed E-state index contributed by atoms with van der Waals surface area (Å²) in [6, 6.07) is 14.7. The van der Waals surface area contributed by atoms with E-state index in [4.69, 9.17) is 9.47 Å². The van der Waals surface area contributed by atoms with Gasteiger partial charge in [0.2, 0.25) is 5.91 Å². The van der Waals surface area contributed by atoms with Gasteiger partial charge in [-0.25, -0.2) is 4.98 Å². The molecule has 32 heavy (non-hydrogen) atoms. The van der Waals surface area contributed by atoms with Crippen LogP contribution in [0.1, 0.15) is 38.8 Å². The molecule has 1 aliphatic carbocycles. The van der Waals surface area contributed by atoms with E-state index in [0.29, 0.717) is 29.4 Å². The molecular formula is C24H25N3O4S. The Bertz CT molecular complexity index is 1110. The second-order valence-corrected chi connectivity index (χ2v) is 8.54. The summed E-state index contributed by atoms with van der Waals surface area (Å²) in [5.74, 6) is 0.955. The van der Waals surface area contributed by atoms with E-state index < -0.39 is 0 Å². The number of aryl methyl sites for hydroxylation is 1. The van der Waals surface area contributed by atoms with Crippen molar-refractivity contribution < 1.29 is 19.1 Å². The van der Waals surface area contributed by atoms with Gasteiger partial charge in [-0.15, -0.1) is 11.3 Å². The number of hydrogen-bond acceptors (Lipinski definition) is 6. The first-order valence-electron chi connectivity index (χ1n) is 10.4. The largest absolute Gasteiger partial charge is 0.497 e. The summed E-state index contributed by atoms with van der Waals surface area (Å²) in [6.45, 7) is 0.524. The van der Waals surface area contributed by atoms with Gasteiger partial charge >= 0.3 is 0 Å². The molecule has 0 aliphatic heterocycles. The highest BCUT2D eigenvalue weighted by Crippen LogP contribution is 2.38. The summed E-state index contributed by atoms with van der Waals surface area (Å²) in [4.78, 5) is 30.9.